The van der Waals surface area contributed by atoms with Crippen molar-refractivity contribution in [1.29, 1.82) is 0 Å². The van der Waals surface area contributed by atoms with Crippen LogP contribution in [0.5, 0.6) is 0 Å². The van der Waals surface area contributed by atoms with Crippen LogP contribution in [-0.4, -0.2) is 23.4 Å². The van der Waals surface area contributed by atoms with Gasteiger partial charge in [-0.1, -0.05) is 58.4 Å². The van der Waals surface area contributed by atoms with Gasteiger partial charge in [0.1, 0.15) is 11.5 Å². The van der Waals surface area contributed by atoms with E-state index in [1.807, 2.05) is 30.3 Å². The van der Waals surface area contributed by atoms with Gasteiger partial charge in [0.05, 0.1) is 29.0 Å². The number of carbonyl (C=O) groups excluding carboxylic acids is 1. The van der Waals surface area contributed by atoms with Gasteiger partial charge in [0.2, 0.25) is 0 Å². The van der Waals surface area contributed by atoms with Gasteiger partial charge in [0, 0.05) is 10.9 Å². The number of halogens is 2. The second-order valence-electron chi connectivity index (χ2n) is 7.63. The summed E-state index contributed by atoms with van der Waals surface area (Å²) in [5.74, 6) is -0.641. The Bertz CT molecular complexity index is 1350. The van der Waals surface area contributed by atoms with Crippen LogP contribution < -0.4 is 9.62 Å². The molecule has 0 bridgehead atoms. The fourth-order valence-electron chi connectivity index (χ4n) is 3.50. The van der Waals surface area contributed by atoms with Crippen LogP contribution in [0.3, 0.4) is 0 Å². The first kappa shape index (κ1) is 25.1. The molecule has 4 aromatic rings. The molecule has 2 unspecified atom stereocenters. The van der Waals surface area contributed by atoms with E-state index in [1.54, 1.807) is 37.3 Å². The summed E-state index contributed by atoms with van der Waals surface area (Å²) in [6, 6.07) is 19.8. The predicted octanol–water partition coefficient (Wildman–Crippen LogP) is 5.80. The molecule has 0 aliphatic heterocycles. The zero-order chi connectivity index (χ0) is 24.9. The smallest absolute Gasteiger partial charge is 0.268 e. The maximum Gasteiger partial charge on any atom is 0.268 e. The summed E-state index contributed by atoms with van der Waals surface area (Å²) in [6.07, 6.45) is 0.400. The van der Waals surface area contributed by atoms with E-state index < -0.39 is 23.2 Å². The van der Waals surface area contributed by atoms with Crippen LogP contribution in [0.2, 0.25) is 0 Å². The average molecular weight is 575 g/mol. The predicted molar refractivity (Wildman–Crippen MR) is 138 cm³/mol. The minimum atomic E-state index is -2.54. The molecule has 0 radical (unpaired) electrons. The number of rotatable bonds is 8. The van der Waals surface area contributed by atoms with E-state index in [0.717, 1.165) is 27.2 Å². The molecule has 2 atom stereocenters. The van der Waals surface area contributed by atoms with Crippen molar-refractivity contribution in [1.82, 2.24) is 14.1 Å². The van der Waals surface area contributed by atoms with Crippen LogP contribution in [0, 0.1) is 5.82 Å². The van der Waals surface area contributed by atoms with Crippen molar-refractivity contribution in [3.05, 3.63) is 105 Å². The molecule has 0 fully saturated rings. The largest absolute Gasteiger partial charge is 0.345 e. The first-order chi connectivity index (χ1) is 16.8. The Kier molecular flexibility index (Phi) is 8.01. The van der Waals surface area contributed by atoms with Gasteiger partial charge in [-0.25, -0.2) is 12.9 Å². The van der Waals surface area contributed by atoms with Crippen molar-refractivity contribution in [2.75, 3.05) is 4.31 Å². The Morgan fingerprint density at radius 2 is 1.86 bits per heavy atom. The minimum Gasteiger partial charge on any atom is -0.345 e. The number of hydrogen-bond donors (Lipinski definition) is 2. The highest BCUT2D eigenvalue weighted by atomic mass is 79.9. The van der Waals surface area contributed by atoms with Crippen LogP contribution in [0.1, 0.15) is 40.1 Å². The molecule has 0 aliphatic carbocycles. The minimum absolute atomic E-state index is 0.170. The number of nitrogens with one attached hydrogen (secondary N) is 1. The van der Waals surface area contributed by atoms with Gasteiger partial charge in [-0.15, -0.1) is 0 Å². The molecule has 0 aliphatic rings. The quantitative estimate of drug-likeness (QED) is 0.259. The van der Waals surface area contributed by atoms with E-state index in [-0.39, 0.29) is 22.9 Å². The van der Waals surface area contributed by atoms with Gasteiger partial charge in [0.25, 0.3) is 17.2 Å². The summed E-state index contributed by atoms with van der Waals surface area (Å²) < 4.78 is 46.4. The Labute approximate surface area is 216 Å². The van der Waals surface area contributed by atoms with Crippen molar-refractivity contribution in [2.24, 2.45) is 0 Å². The fraction of sp³-hybridized carbons (Fsp3) is 0.125. The maximum absolute atomic E-state index is 13.3. The van der Waals surface area contributed by atoms with Gasteiger partial charge in [-0.3, -0.25) is 9.35 Å². The Balaban J connectivity index is 1.69. The Morgan fingerprint density at radius 1 is 1.14 bits per heavy atom. The summed E-state index contributed by atoms with van der Waals surface area (Å²) in [7, 11) is 0. The van der Waals surface area contributed by atoms with Crippen molar-refractivity contribution in [3.8, 4) is 0 Å². The number of nitrogens with zero attached hydrogens (tertiary/aromatic N) is 3. The molecular formula is C24H20BrFN4O3S2. The topological polar surface area (TPSA) is 95.4 Å². The molecular weight excluding hydrogens is 555 g/mol. The average Bonchev–Trinajstić information content (AvgIpc) is 3.27. The highest BCUT2D eigenvalue weighted by Gasteiger charge is 2.28. The van der Waals surface area contributed by atoms with Gasteiger partial charge in [-0.2, -0.15) is 8.75 Å². The van der Waals surface area contributed by atoms with E-state index >= 15 is 0 Å². The highest BCUT2D eigenvalue weighted by molar-refractivity contribution is 9.10. The third-order valence-electron chi connectivity index (χ3n) is 5.24. The van der Waals surface area contributed by atoms with E-state index in [0.29, 0.717) is 16.6 Å². The standard InChI is InChI=1S/C24H20BrFN4O3S2/c1-15(17-7-10-19(26)11-8-17)27-24(31)20-12-9-18(25)14-22(20)30(35(32)33)23-21(28-34-29-23)13-16-5-3-2-4-6-16/h2-12,14-15H,13H2,1H3,(H,27,31)(H,32,33). The molecule has 1 heterocycles. The fourth-order valence-corrected chi connectivity index (χ4v) is 5.07. The van der Waals surface area contributed by atoms with Gasteiger partial charge < -0.3 is 5.32 Å². The molecule has 3 aromatic carbocycles. The summed E-state index contributed by atoms with van der Waals surface area (Å²) in [4.78, 5) is 13.3. The molecule has 0 spiro atoms. The highest BCUT2D eigenvalue weighted by Crippen LogP contribution is 2.34. The monoisotopic (exact) mass is 574 g/mol. The van der Waals surface area contributed by atoms with Crippen molar-refractivity contribution >= 4 is 56.3 Å². The first-order valence-corrected chi connectivity index (χ1v) is 13.0. The number of carbonyl (C=O) groups is 1. The second-order valence-corrected chi connectivity index (χ2v) is 9.90. The lowest BCUT2D eigenvalue weighted by Gasteiger charge is -2.22. The van der Waals surface area contributed by atoms with Gasteiger partial charge in [-0.05, 0) is 48.4 Å². The van der Waals surface area contributed by atoms with Gasteiger partial charge in [0.15, 0.2) is 5.82 Å². The molecule has 1 aromatic heterocycles. The van der Waals surface area contributed by atoms with Crippen LogP contribution in [-0.2, 0) is 17.7 Å². The SMILES string of the molecule is CC(NC(=O)c1ccc(Br)cc1N(c1nsnc1Cc1ccccc1)S(=O)O)c1ccc(F)cc1. The lowest BCUT2D eigenvalue weighted by atomic mass is 10.1. The zero-order valence-corrected chi connectivity index (χ0v) is 21.6. The molecule has 0 saturated carbocycles. The van der Waals surface area contributed by atoms with E-state index in [9.17, 15) is 17.9 Å². The second kappa shape index (κ2) is 11.2. The Hall–Kier alpha value is -2.99. The number of aromatic nitrogens is 2. The van der Waals surface area contributed by atoms with E-state index in [2.05, 4.69) is 30.0 Å². The molecule has 11 heteroatoms. The van der Waals surface area contributed by atoms with Crippen molar-refractivity contribution in [3.63, 3.8) is 0 Å². The zero-order valence-electron chi connectivity index (χ0n) is 18.4. The summed E-state index contributed by atoms with van der Waals surface area (Å²) >= 11 is 1.76. The Morgan fingerprint density at radius 3 is 2.54 bits per heavy atom. The summed E-state index contributed by atoms with van der Waals surface area (Å²) in [5, 5.41) is 2.87. The summed E-state index contributed by atoms with van der Waals surface area (Å²) in [6.45, 7) is 1.77. The van der Waals surface area contributed by atoms with Crippen LogP contribution in [0.4, 0.5) is 15.9 Å². The van der Waals surface area contributed by atoms with Gasteiger partial charge >= 0.3 is 0 Å². The number of amides is 1. The molecule has 4 rings (SSSR count). The van der Waals surface area contributed by atoms with Crippen LogP contribution in [0.15, 0.2) is 77.3 Å². The molecule has 180 valence electrons. The van der Waals surface area contributed by atoms with Crippen LogP contribution >= 0.6 is 27.7 Å². The molecule has 1 amide bonds. The summed E-state index contributed by atoms with van der Waals surface area (Å²) in [5.41, 5.74) is 2.55. The van der Waals surface area contributed by atoms with E-state index in [4.69, 9.17) is 0 Å². The molecule has 7 nitrogen and oxygen atoms in total. The first-order valence-electron chi connectivity index (χ1n) is 10.5. The molecule has 35 heavy (non-hydrogen) atoms. The number of benzene rings is 3. The number of anilines is 2. The maximum atomic E-state index is 13.3. The normalized spacial score (nSPS) is 12.7. The third-order valence-corrected chi connectivity index (χ3v) is 6.97. The van der Waals surface area contributed by atoms with E-state index in [1.165, 1.54) is 12.1 Å². The molecule has 2 N–H and O–H groups in total. The number of hydrogen-bond acceptors (Lipinski definition) is 5. The lowest BCUT2D eigenvalue weighted by molar-refractivity contribution is 0.0940. The van der Waals surface area contributed by atoms with Crippen molar-refractivity contribution in [2.45, 2.75) is 19.4 Å². The van der Waals surface area contributed by atoms with Crippen LogP contribution in [0.25, 0.3) is 0 Å². The third kappa shape index (κ3) is 5.99. The van der Waals surface area contributed by atoms with Crippen molar-refractivity contribution < 1.29 is 17.9 Å². The lowest BCUT2D eigenvalue weighted by Crippen LogP contribution is -2.30. The molecule has 0 saturated heterocycles.